The molecule has 14 heteroatoms. The van der Waals surface area contributed by atoms with E-state index in [2.05, 4.69) is 11.6 Å². The Morgan fingerprint density at radius 2 is 1.82 bits per heavy atom. The van der Waals surface area contributed by atoms with E-state index in [4.69, 9.17) is 4.74 Å². The van der Waals surface area contributed by atoms with E-state index in [-0.39, 0.29) is 41.5 Å². The van der Waals surface area contributed by atoms with Crippen LogP contribution in [0.4, 0.5) is 28.9 Å². The number of piperazine rings is 1. The van der Waals surface area contributed by atoms with Crippen LogP contribution in [0, 0.1) is 24.4 Å². The van der Waals surface area contributed by atoms with Gasteiger partial charge in [-0.3, -0.25) is 19.1 Å². The Morgan fingerprint density at radius 3 is 2.44 bits per heavy atom. The van der Waals surface area contributed by atoms with Crippen molar-refractivity contribution in [3.8, 4) is 22.6 Å². The normalized spacial score (nSPS) is 18.7. The van der Waals surface area contributed by atoms with E-state index in [0.717, 1.165) is 40.9 Å². The highest BCUT2D eigenvalue weighted by molar-refractivity contribution is 6.05. The van der Waals surface area contributed by atoms with Crippen molar-refractivity contribution < 1.29 is 37.0 Å². The van der Waals surface area contributed by atoms with Gasteiger partial charge in [-0.15, -0.1) is 0 Å². The Labute approximate surface area is 284 Å². The number of benzene rings is 2. The molecule has 1 fully saturated rings. The summed E-state index contributed by atoms with van der Waals surface area (Å²) >= 11 is 0. The summed E-state index contributed by atoms with van der Waals surface area (Å²) in [5, 5.41) is 10.4. The molecule has 0 aliphatic carbocycles. The molecule has 1 saturated heterocycles. The number of halogens is 4. The molecule has 2 aliphatic rings. The minimum Gasteiger partial charge on any atom is -0.507 e. The second kappa shape index (κ2) is 12.8. The highest BCUT2D eigenvalue weighted by Gasteiger charge is 2.51. The smallest absolute Gasteiger partial charge is 0.330 e. The van der Waals surface area contributed by atoms with Crippen molar-refractivity contribution in [3.63, 3.8) is 0 Å². The Balaban J connectivity index is 1.84. The number of ether oxygens (including phenoxy) is 1. The third kappa shape index (κ3) is 5.07. The Kier molecular flexibility index (Phi) is 8.83. The summed E-state index contributed by atoms with van der Waals surface area (Å²) in [6.07, 6.45) is 2.61. The van der Waals surface area contributed by atoms with Crippen LogP contribution < -0.4 is 15.4 Å². The maximum atomic E-state index is 17.3. The number of alkyl halides is 1. The van der Waals surface area contributed by atoms with E-state index in [1.807, 2.05) is 0 Å². The van der Waals surface area contributed by atoms with Crippen LogP contribution in [0.5, 0.6) is 5.75 Å². The Bertz CT molecular complexity index is 2120. The number of fused-ring (bicyclic) bond motifs is 5. The van der Waals surface area contributed by atoms with E-state index >= 15 is 22.4 Å². The van der Waals surface area contributed by atoms with Crippen molar-refractivity contribution in [2.24, 2.45) is 0 Å². The molecule has 1 amide bonds. The van der Waals surface area contributed by atoms with Gasteiger partial charge < -0.3 is 24.5 Å². The minimum absolute atomic E-state index is 0.0360. The first-order chi connectivity index (χ1) is 23.8. The zero-order valence-electron chi connectivity index (χ0n) is 28.0. The summed E-state index contributed by atoms with van der Waals surface area (Å²) in [6.45, 7) is 8.93. The minimum atomic E-state index is -1.47. The van der Waals surface area contributed by atoms with Crippen LogP contribution in [-0.4, -0.2) is 76.6 Å². The number of rotatable bonds is 6. The predicted octanol–water partition coefficient (Wildman–Crippen LogP) is 5.49. The number of pyridine rings is 2. The number of phenols is 1. The summed E-state index contributed by atoms with van der Waals surface area (Å²) in [4.78, 5) is 49.7. The van der Waals surface area contributed by atoms with Crippen LogP contribution in [0.2, 0.25) is 0 Å². The standard InChI is InChI=1S/C36H35F4N5O5/c1-7-25(47)42-15-23-33(36(49)50-6)44(16-37)34-32(43(23)14-19(42)5)20-13-22(39)27(26-21(38)9-8-10-24(26)46)28(40)31(20)45(35(34)48)30-18(4)11-12-41-29(30)17(2)3/h7-13,17,19,23,33,46H,1,14-16H2,2-6H3. The number of aromatic nitrogens is 2. The summed E-state index contributed by atoms with van der Waals surface area (Å²) in [5.41, 5.74) is -2.67. The fourth-order valence-electron chi connectivity index (χ4n) is 7.32. The first-order valence-corrected chi connectivity index (χ1v) is 15.9. The third-order valence-corrected chi connectivity index (χ3v) is 9.55. The largest absolute Gasteiger partial charge is 0.507 e. The van der Waals surface area contributed by atoms with Crippen molar-refractivity contribution in [1.29, 1.82) is 0 Å². The van der Waals surface area contributed by atoms with Gasteiger partial charge in [0.15, 0.2) is 18.7 Å². The van der Waals surface area contributed by atoms with Gasteiger partial charge in [0, 0.05) is 30.7 Å². The lowest BCUT2D eigenvalue weighted by Gasteiger charge is -2.54. The number of hydrogen-bond donors (Lipinski definition) is 1. The predicted molar refractivity (Wildman–Crippen MR) is 180 cm³/mol. The Morgan fingerprint density at radius 1 is 1.10 bits per heavy atom. The molecule has 0 radical (unpaired) electrons. The highest BCUT2D eigenvalue weighted by atomic mass is 19.1. The fraction of sp³-hybridized carbons (Fsp3) is 0.333. The quantitative estimate of drug-likeness (QED) is 0.122. The molecule has 2 aliphatic heterocycles. The average molecular weight is 694 g/mol. The SMILES string of the molecule is C=CC(=O)N1CC2C(C(=O)OC)N(CF)c3c(c4cc(F)c(-c5c(O)cccc5F)c(F)c4n(-c4c(C)ccnc4C(C)C)c3=O)N2CC1C. The first-order valence-electron chi connectivity index (χ1n) is 15.9. The molecule has 10 nitrogen and oxygen atoms in total. The molecule has 0 bridgehead atoms. The molecular formula is C36H35F4N5O5. The maximum absolute atomic E-state index is 17.3. The molecule has 0 saturated carbocycles. The van der Waals surface area contributed by atoms with Gasteiger partial charge in [-0.1, -0.05) is 26.5 Å². The van der Waals surface area contributed by atoms with Crippen LogP contribution in [0.1, 0.15) is 37.9 Å². The van der Waals surface area contributed by atoms with Crippen molar-refractivity contribution in [2.45, 2.75) is 51.7 Å². The number of aryl methyl sites for hydroxylation is 1. The van der Waals surface area contributed by atoms with E-state index in [1.54, 1.807) is 38.7 Å². The summed E-state index contributed by atoms with van der Waals surface area (Å²) in [6, 6.07) is 2.61. The lowest BCUT2D eigenvalue weighted by atomic mass is 9.91. The van der Waals surface area contributed by atoms with Gasteiger partial charge in [0.05, 0.1) is 46.9 Å². The molecule has 262 valence electrons. The van der Waals surface area contributed by atoms with Gasteiger partial charge >= 0.3 is 5.97 Å². The summed E-state index contributed by atoms with van der Waals surface area (Å²) in [5.74, 6) is -6.20. The van der Waals surface area contributed by atoms with Gasteiger partial charge in [-0.2, -0.15) is 0 Å². The van der Waals surface area contributed by atoms with Gasteiger partial charge in [0.1, 0.15) is 23.1 Å². The van der Waals surface area contributed by atoms with E-state index < -0.39 is 82.2 Å². The highest BCUT2D eigenvalue weighted by Crippen LogP contribution is 2.47. The average Bonchev–Trinajstić information content (AvgIpc) is 3.08. The molecule has 6 rings (SSSR count). The fourth-order valence-corrected chi connectivity index (χ4v) is 7.32. The van der Waals surface area contributed by atoms with Gasteiger partial charge in [-0.05, 0) is 55.7 Å². The number of anilines is 2. The Hall–Kier alpha value is -5.40. The van der Waals surface area contributed by atoms with Crippen LogP contribution in [0.3, 0.4) is 0 Å². The topological polar surface area (TPSA) is 108 Å². The van der Waals surface area contributed by atoms with Crippen molar-refractivity contribution >= 4 is 34.2 Å². The van der Waals surface area contributed by atoms with Crippen LogP contribution in [0.15, 0.2) is 54.0 Å². The first kappa shape index (κ1) is 34.5. The monoisotopic (exact) mass is 693 g/mol. The number of methoxy groups -OCH3 is 1. The van der Waals surface area contributed by atoms with E-state index in [1.165, 1.54) is 17.2 Å². The number of aromatic hydroxyl groups is 1. The molecule has 4 heterocycles. The van der Waals surface area contributed by atoms with Gasteiger partial charge in [0.2, 0.25) is 5.91 Å². The number of esters is 1. The molecule has 3 atom stereocenters. The zero-order chi connectivity index (χ0) is 36.3. The van der Waals surface area contributed by atoms with E-state index in [9.17, 15) is 14.7 Å². The van der Waals surface area contributed by atoms with Gasteiger partial charge in [-0.25, -0.2) is 22.4 Å². The van der Waals surface area contributed by atoms with Crippen molar-refractivity contribution in [3.05, 3.63) is 88.2 Å². The number of carbonyl (C=O) groups excluding carboxylic acids is 2. The summed E-state index contributed by atoms with van der Waals surface area (Å²) < 4.78 is 70.5. The van der Waals surface area contributed by atoms with Crippen LogP contribution >= 0.6 is 0 Å². The molecule has 50 heavy (non-hydrogen) atoms. The molecule has 0 spiro atoms. The molecule has 2 aromatic heterocycles. The van der Waals surface area contributed by atoms with E-state index in [0.29, 0.717) is 11.3 Å². The molecular weight excluding hydrogens is 658 g/mol. The van der Waals surface area contributed by atoms with Crippen LogP contribution in [-0.2, 0) is 14.3 Å². The number of nitrogens with zero attached hydrogens (tertiary/aromatic N) is 5. The zero-order valence-corrected chi connectivity index (χ0v) is 28.0. The lowest BCUT2D eigenvalue weighted by Crippen LogP contribution is -2.70. The molecule has 2 aromatic carbocycles. The number of hydrogen-bond acceptors (Lipinski definition) is 8. The van der Waals surface area contributed by atoms with Crippen molar-refractivity contribution in [2.75, 3.05) is 36.8 Å². The molecule has 1 N–H and O–H groups in total. The van der Waals surface area contributed by atoms with Gasteiger partial charge in [0.25, 0.3) is 5.56 Å². The number of amides is 1. The van der Waals surface area contributed by atoms with Crippen molar-refractivity contribution in [1.82, 2.24) is 14.5 Å². The second-order valence-corrected chi connectivity index (χ2v) is 12.8. The number of phenolic OH excluding ortho intramolecular Hbond substituents is 1. The van der Waals surface area contributed by atoms with Crippen LogP contribution in [0.25, 0.3) is 27.7 Å². The lowest BCUT2D eigenvalue weighted by molar-refractivity contribution is -0.144. The third-order valence-electron chi connectivity index (χ3n) is 9.55. The molecule has 3 unspecified atom stereocenters. The second-order valence-electron chi connectivity index (χ2n) is 12.8. The number of carbonyl (C=O) groups is 2. The molecule has 4 aromatic rings. The summed E-state index contributed by atoms with van der Waals surface area (Å²) in [7, 11) is 1.10. The maximum Gasteiger partial charge on any atom is 0.330 e.